The molecule has 0 aliphatic carbocycles. The molecule has 166 valence electrons. The first-order valence-electron chi connectivity index (χ1n) is 9.29. The van der Waals surface area contributed by atoms with E-state index in [0.29, 0.717) is 0 Å². The number of rotatable bonds is 5. The number of fused-ring (bicyclic) bond motifs is 2. The summed E-state index contributed by atoms with van der Waals surface area (Å²) in [5.41, 5.74) is 3.49. The molecule has 2 aliphatic heterocycles. The summed E-state index contributed by atoms with van der Waals surface area (Å²) in [5, 5.41) is 0. The summed E-state index contributed by atoms with van der Waals surface area (Å²) in [7, 11) is -4.19. The van der Waals surface area contributed by atoms with E-state index < -0.39 is 44.4 Å². The lowest BCUT2D eigenvalue weighted by molar-refractivity contribution is -0.220. The summed E-state index contributed by atoms with van der Waals surface area (Å²) < 4.78 is 71.2. The van der Waals surface area contributed by atoms with Crippen molar-refractivity contribution >= 4 is 24.9 Å². The zero-order chi connectivity index (χ0) is 21.9. The number of halogens is 2. The van der Waals surface area contributed by atoms with Gasteiger partial charge in [0, 0.05) is 0 Å². The molecule has 0 radical (unpaired) electrons. The number of nitrogen functional groups attached to an aromatic ring is 1. The average Bonchev–Trinajstić information content (AvgIpc) is 3.13. The Morgan fingerprint density at radius 1 is 1.43 bits per heavy atom. The van der Waals surface area contributed by atoms with Crippen molar-refractivity contribution in [1.29, 1.82) is 0 Å². The molecule has 2 aromatic heterocycles. The minimum absolute atomic E-state index is 0.0737. The molecular formula is C16H22F2N5O6P. The molecule has 5 atom stereocenters. The molecule has 2 aromatic rings. The fraction of sp³-hybridized carbons (Fsp3) is 0.688. The Kier molecular flexibility index (Phi) is 5.02. The number of phosphoric ester groups is 1. The van der Waals surface area contributed by atoms with Crippen molar-refractivity contribution in [2.24, 2.45) is 0 Å². The summed E-state index contributed by atoms with van der Waals surface area (Å²) in [6, 6.07) is 0. The van der Waals surface area contributed by atoms with Crippen LogP contribution in [0.4, 0.5) is 14.7 Å². The minimum atomic E-state index is -4.19. The standard InChI is InChI=1S/C16H22F2N5O6P/c1-5-25-11-9-10(21-14(19)22-11)23(7-20-9)13-15(4,17)12-16(18,27-13)6-26-30(24,29-12)28-8(2)3/h7-8,12-13H,5-6H2,1-4H3,(H2,19,21,22)/t12-,13-,15+,16+,30-/m0/s1. The van der Waals surface area contributed by atoms with Crippen molar-refractivity contribution in [3.8, 4) is 5.88 Å². The van der Waals surface area contributed by atoms with Crippen LogP contribution in [0, 0.1) is 0 Å². The molecule has 0 amide bonds. The number of hydrogen-bond donors (Lipinski definition) is 1. The predicted octanol–water partition coefficient (Wildman–Crippen LogP) is 2.68. The van der Waals surface area contributed by atoms with Gasteiger partial charge >= 0.3 is 7.82 Å². The fourth-order valence-electron chi connectivity index (χ4n) is 3.49. The third-order valence-electron chi connectivity index (χ3n) is 4.63. The second-order valence-electron chi connectivity index (χ2n) is 7.41. The van der Waals surface area contributed by atoms with E-state index >= 15 is 8.78 Å². The maximum Gasteiger partial charge on any atom is 0.475 e. The van der Waals surface area contributed by atoms with Gasteiger partial charge in [-0.1, -0.05) is 0 Å². The summed E-state index contributed by atoms with van der Waals surface area (Å²) in [6.07, 6.45) is -2.83. The van der Waals surface area contributed by atoms with Crippen molar-refractivity contribution in [2.75, 3.05) is 18.9 Å². The molecule has 0 saturated carbocycles. The lowest BCUT2D eigenvalue weighted by atomic mass is 9.97. The first-order chi connectivity index (χ1) is 14.0. The van der Waals surface area contributed by atoms with Gasteiger partial charge in [-0.25, -0.2) is 18.3 Å². The van der Waals surface area contributed by atoms with Gasteiger partial charge in [-0.3, -0.25) is 18.1 Å². The van der Waals surface area contributed by atoms with Gasteiger partial charge in [0.05, 0.1) is 19.0 Å². The largest absolute Gasteiger partial charge is 0.476 e. The molecule has 2 saturated heterocycles. The van der Waals surface area contributed by atoms with Gasteiger partial charge in [0.1, 0.15) is 6.61 Å². The third-order valence-corrected chi connectivity index (χ3v) is 6.22. The van der Waals surface area contributed by atoms with E-state index in [-0.39, 0.29) is 29.6 Å². The summed E-state index contributed by atoms with van der Waals surface area (Å²) >= 11 is 0. The maximum atomic E-state index is 15.9. The van der Waals surface area contributed by atoms with Crippen LogP contribution in [0.2, 0.25) is 0 Å². The highest BCUT2D eigenvalue weighted by Crippen LogP contribution is 2.63. The van der Waals surface area contributed by atoms with E-state index in [4.69, 9.17) is 28.8 Å². The summed E-state index contributed by atoms with van der Waals surface area (Å²) in [4.78, 5) is 12.2. The number of nitrogens with two attached hydrogens (primary N) is 1. The molecule has 2 N–H and O–H groups in total. The molecule has 11 nitrogen and oxygen atoms in total. The Morgan fingerprint density at radius 2 is 2.17 bits per heavy atom. The first kappa shape index (κ1) is 21.3. The van der Waals surface area contributed by atoms with E-state index in [1.165, 1.54) is 6.33 Å². The number of hydrogen-bond acceptors (Lipinski definition) is 10. The predicted molar refractivity (Wildman–Crippen MR) is 99.0 cm³/mol. The Morgan fingerprint density at radius 3 is 2.83 bits per heavy atom. The summed E-state index contributed by atoms with van der Waals surface area (Å²) in [5.74, 6) is -2.77. The number of phosphoric acid groups is 1. The van der Waals surface area contributed by atoms with Crippen molar-refractivity contribution in [1.82, 2.24) is 19.5 Å². The Labute approximate surface area is 170 Å². The van der Waals surface area contributed by atoms with Gasteiger partial charge in [-0.2, -0.15) is 9.97 Å². The molecule has 2 aliphatic rings. The molecule has 4 rings (SSSR count). The molecular weight excluding hydrogens is 427 g/mol. The number of alkyl halides is 2. The van der Waals surface area contributed by atoms with Crippen LogP contribution < -0.4 is 10.5 Å². The van der Waals surface area contributed by atoms with Crippen molar-refractivity contribution < 1.29 is 36.4 Å². The van der Waals surface area contributed by atoms with Crippen molar-refractivity contribution in [2.45, 2.75) is 57.7 Å². The fourth-order valence-corrected chi connectivity index (χ4v) is 5.13. The van der Waals surface area contributed by atoms with Crippen LogP contribution in [0.25, 0.3) is 11.2 Å². The van der Waals surface area contributed by atoms with Gasteiger partial charge in [0.15, 0.2) is 29.2 Å². The van der Waals surface area contributed by atoms with Gasteiger partial charge in [0.25, 0.3) is 5.85 Å². The number of aromatic nitrogens is 4. The number of imidazole rings is 1. The monoisotopic (exact) mass is 449 g/mol. The van der Waals surface area contributed by atoms with Crippen molar-refractivity contribution in [3.63, 3.8) is 0 Å². The van der Waals surface area contributed by atoms with Gasteiger partial charge in [-0.05, 0) is 27.7 Å². The average molecular weight is 449 g/mol. The van der Waals surface area contributed by atoms with Crippen LogP contribution in [0.3, 0.4) is 0 Å². The van der Waals surface area contributed by atoms with Crippen LogP contribution in [-0.2, 0) is 22.9 Å². The zero-order valence-corrected chi connectivity index (χ0v) is 17.6. The van der Waals surface area contributed by atoms with Crippen LogP contribution in [0.1, 0.15) is 33.9 Å². The van der Waals surface area contributed by atoms with Crippen LogP contribution in [-0.4, -0.2) is 56.5 Å². The van der Waals surface area contributed by atoms with Gasteiger partial charge in [0.2, 0.25) is 11.8 Å². The first-order valence-corrected chi connectivity index (χ1v) is 10.7. The normalized spacial score (nSPS) is 36.4. The third kappa shape index (κ3) is 3.34. The molecule has 0 unspecified atom stereocenters. The Bertz CT molecular complexity index is 1020. The highest BCUT2D eigenvalue weighted by atomic mass is 31.2. The maximum absolute atomic E-state index is 15.9. The van der Waals surface area contributed by atoms with E-state index in [2.05, 4.69) is 15.0 Å². The minimum Gasteiger partial charge on any atom is -0.476 e. The quantitative estimate of drug-likeness (QED) is 0.679. The Balaban J connectivity index is 1.74. The lowest BCUT2D eigenvalue weighted by Gasteiger charge is -2.36. The van der Waals surface area contributed by atoms with Gasteiger partial charge in [-0.15, -0.1) is 0 Å². The van der Waals surface area contributed by atoms with Gasteiger partial charge < -0.3 is 15.2 Å². The molecule has 0 bridgehead atoms. The van der Waals surface area contributed by atoms with Crippen LogP contribution in [0.5, 0.6) is 5.88 Å². The number of nitrogens with zero attached hydrogens (tertiary/aromatic N) is 4. The lowest BCUT2D eigenvalue weighted by Crippen LogP contribution is -2.51. The highest BCUT2D eigenvalue weighted by molar-refractivity contribution is 7.48. The van der Waals surface area contributed by atoms with E-state index in [9.17, 15) is 4.57 Å². The van der Waals surface area contributed by atoms with E-state index in [1.54, 1.807) is 20.8 Å². The van der Waals surface area contributed by atoms with Crippen LogP contribution >= 0.6 is 7.82 Å². The molecule has 0 spiro atoms. The smallest absolute Gasteiger partial charge is 0.475 e. The van der Waals surface area contributed by atoms with Crippen molar-refractivity contribution in [3.05, 3.63) is 6.33 Å². The number of anilines is 1. The van der Waals surface area contributed by atoms with Crippen LogP contribution in [0.15, 0.2) is 6.33 Å². The Hall–Kier alpha value is -1.92. The molecule has 0 aromatic carbocycles. The second-order valence-corrected chi connectivity index (χ2v) is 8.99. The number of ether oxygens (including phenoxy) is 2. The highest BCUT2D eigenvalue weighted by Gasteiger charge is 2.70. The molecule has 14 heteroatoms. The van der Waals surface area contributed by atoms with E-state index in [0.717, 1.165) is 11.5 Å². The molecule has 2 fully saturated rings. The SMILES string of the molecule is CCOc1nc(N)nc2c1ncn2[C@H]1O[C@]2(F)CO[P@@](=O)(OC(C)C)O[C@H]2[C@@]1(C)F. The summed E-state index contributed by atoms with van der Waals surface area (Å²) in [6.45, 7) is 5.42. The molecule has 30 heavy (non-hydrogen) atoms. The zero-order valence-electron chi connectivity index (χ0n) is 16.7. The molecule has 4 heterocycles. The topological polar surface area (TPSA) is 133 Å². The second kappa shape index (κ2) is 7.06. The van der Waals surface area contributed by atoms with E-state index in [1.807, 2.05) is 0 Å².